The topological polar surface area (TPSA) is 85.5 Å². The lowest BCUT2D eigenvalue weighted by Gasteiger charge is -2.27. The maximum Gasteiger partial charge on any atom is 0.241 e. The van der Waals surface area contributed by atoms with Crippen LogP contribution in [-0.4, -0.2) is 27.1 Å². The van der Waals surface area contributed by atoms with Gasteiger partial charge in [-0.1, -0.05) is 12.1 Å². The number of pyridine rings is 1. The standard InChI is InChI=1S/C16H19N3O3S/c1-22-13-8-6-12(7-9-13)14-4-3-11-19(14)16-15(23(17,20)21)5-2-10-18-16/h2,5-10,14H,3-4,11H2,1H3,(H2,17,20,21)/t14-/m1/s1. The Balaban J connectivity index is 1.99. The Morgan fingerprint density at radius 1 is 1.26 bits per heavy atom. The third-order valence-electron chi connectivity index (χ3n) is 4.08. The summed E-state index contributed by atoms with van der Waals surface area (Å²) in [4.78, 5) is 6.36. The Morgan fingerprint density at radius 3 is 2.65 bits per heavy atom. The molecular weight excluding hydrogens is 314 g/mol. The van der Waals surface area contributed by atoms with Crippen LogP contribution in [0.15, 0.2) is 47.5 Å². The molecule has 0 bridgehead atoms. The second-order valence-corrected chi connectivity index (χ2v) is 7.02. The lowest BCUT2D eigenvalue weighted by Crippen LogP contribution is -2.27. The minimum atomic E-state index is -3.81. The molecule has 1 aromatic heterocycles. The molecule has 1 aliphatic rings. The van der Waals surface area contributed by atoms with Crippen LogP contribution in [0.5, 0.6) is 5.75 Å². The number of hydrogen-bond donors (Lipinski definition) is 1. The molecule has 2 heterocycles. The summed E-state index contributed by atoms with van der Waals surface area (Å²) >= 11 is 0. The fraction of sp³-hybridized carbons (Fsp3) is 0.312. The lowest BCUT2D eigenvalue weighted by atomic mass is 10.0. The highest BCUT2D eigenvalue weighted by Gasteiger charge is 2.30. The summed E-state index contributed by atoms with van der Waals surface area (Å²) in [5.41, 5.74) is 1.11. The number of methoxy groups -OCH3 is 1. The van der Waals surface area contributed by atoms with Crippen LogP contribution in [0.2, 0.25) is 0 Å². The Morgan fingerprint density at radius 2 is 2.00 bits per heavy atom. The van der Waals surface area contributed by atoms with Crippen molar-refractivity contribution in [1.82, 2.24) is 4.98 Å². The van der Waals surface area contributed by atoms with Gasteiger partial charge in [0.25, 0.3) is 0 Å². The van der Waals surface area contributed by atoms with Crippen LogP contribution >= 0.6 is 0 Å². The van der Waals surface area contributed by atoms with E-state index in [2.05, 4.69) is 4.98 Å². The van der Waals surface area contributed by atoms with Crippen LogP contribution in [0.4, 0.5) is 5.82 Å². The van der Waals surface area contributed by atoms with Crippen molar-refractivity contribution >= 4 is 15.8 Å². The zero-order chi connectivity index (χ0) is 16.4. The average molecular weight is 333 g/mol. The summed E-state index contributed by atoms with van der Waals surface area (Å²) in [6, 6.07) is 11.0. The quantitative estimate of drug-likeness (QED) is 0.926. The van der Waals surface area contributed by atoms with Gasteiger partial charge in [-0.3, -0.25) is 0 Å². The number of benzene rings is 1. The molecule has 2 aromatic rings. The number of aromatic nitrogens is 1. The van der Waals surface area contributed by atoms with Crippen LogP contribution in [-0.2, 0) is 10.0 Å². The first-order chi connectivity index (χ1) is 11.0. The Kier molecular flexibility index (Phi) is 4.23. The van der Waals surface area contributed by atoms with Crippen molar-refractivity contribution in [3.8, 4) is 5.75 Å². The molecule has 6 nitrogen and oxygen atoms in total. The minimum Gasteiger partial charge on any atom is -0.497 e. The molecule has 23 heavy (non-hydrogen) atoms. The molecule has 1 aromatic carbocycles. The van der Waals surface area contributed by atoms with E-state index in [0.717, 1.165) is 30.7 Å². The first kappa shape index (κ1) is 15.8. The number of nitrogens with two attached hydrogens (primary N) is 1. The van der Waals surface area contributed by atoms with Crippen LogP contribution in [0.1, 0.15) is 24.4 Å². The summed E-state index contributed by atoms with van der Waals surface area (Å²) in [6.07, 6.45) is 3.50. The molecule has 7 heteroatoms. The van der Waals surface area contributed by atoms with Gasteiger partial charge in [0.05, 0.1) is 13.2 Å². The maximum atomic E-state index is 11.8. The molecular formula is C16H19N3O3S. The van der Waals surface area contributed by atoms with Crippen molar-refractivity contribution in [2.75, 3.05) is 18.6 Å². The van der Waals surface area contributed by atoms with Crippen LogP contribution < -0.4 is 14.8 Å². The molecule has 0 radical (unpaired) electrons. The van der Waals surface area contributed by atoms with E-state index >= 15 is 0 Å². The van der Waals surface area contributed by atoms with Gasteiger partial charge in [0.1, 0.15) is 16.5 Å². The zero-order valence-corrected chi connectivity index (χ0v) is 13.7. The number of hydrogen-bond acceptors (Lipinski definition) is 5. The van der Waals surface area contributed by atoms with Crippen molar-refractivity contribution in [2.45, 2.75) is 23.8 Å². The summed E-state index contributed by atoms with van der Waals surface area (Å²) in [6.45, 7) is 0.746. The highest BCUT2D eigenvalue weighted by molar-refractivity contribution is 7.89. The van der Waals surface area contributed by atoms with Gasteiger partial charge in [-0.25, -0.2) is 18.5 Å². The summed E-state index contributed by atoms with van der Waals surface area (Å²) in [5, 5.41) is 5.34. The number of ether oxygens (including phenoxy) is 1. The first-order valence-electron chi connectivity index (χ1n) is 7.39. The molecule has 0 amide bonds. The zero-order valence-electron chi connectivity index (χ0n) is 12.8. The summed E-state index contributed by atoms with van der Waals surface area (Å²) in [5.74, 6) is 1.22. The molecule has 1 atom stereocenters. The van der Waals surface area contributed by atoms with Gasteiger partial charge >= 0.3 is 0 Å². The van der Waals surface area contributed by atoms with E-state index in [-0.39, 0.29) is 10.9 Å². The van der Waals surface area contributed by atoms with Crippen molar-refractivity contribution in [3.05, 3.63) is 48.2 Å². The maximum absolute atomic E-state index is 11.8. The van der Waals surface area contributed by atoms with Crippen LogP contribution in [0.25, 0.3) is 0 Å². The normalized spacial score (nSPS) is 18.2. The Labute approximate surface area is 136 Å². The van der Waals surface area contributed by atoms with Gasteiger partial charge in [-0.2, -0.15) is 0 Å². The molecule has 0 aliphatic carbocycles. The van der Waals surface area contributed by atoms with Gasteiger partial charge < -0.3 is 9.64 Å². The number of primary sulfonamides is 1. The van der Waals surface area contributed by atoms with Gasteiger partial charge in [0.2, 0.25) is 10.0 Å². The van der Waals surface area contributed by atoms with Crippen molar-refractivity contribution < 1.29 is 13.2 Å². The molecule has 1 saturated heterocycles. The predicted octanol–water partition coefficient (Wildman–Crippen LogP) is 2.08. The number of sulfonamides is 1. The SMILES string of the molecule is COc1ccc([C@H]2CCCN2c2ncccc2S(N)(=O)=O)cc1. The monoisotopic (exact) mass is 333 g/mol. The fourth-order valence-electron chi connectivity index (χ4n) is 3.01. The Bertz CT molecular complexity index is 790. The van der Waals surface area contributed by atoms with E-state index in [1.54, 1.807) is 19.4 Å². The van der Waals surface area contributed by atoms with Crippen molar-refractivity contribution in [1.29, 1.82) is 0 Å². The highest BCUT2D eigenvalue weighted by atomic mass is 32.2. The van der Waals surface area contributed by atoms with Crippen LogP contribution in [0.3, 0.4) is 0 Å². The molecule has 0 unspecified atom stereocenters. The smallest absolute Gasteiger partial charge is 0.241 e. The molecule has 1 aliphatic heterocycles. The third kappa shape index (κ3) is 3.16. The average Bonchev–Trinajstić information content (AvgIpc) is 3.03. The van der Waals surface area contributed by atoms with E-state index < -0.39 is 10.0 Å². The highest BCUT2D eigenvalue weighted by Crippen LogP contribution is 2.37. The van der Waals surface area contributed by atoms with E-state index in [1.807, 2.05) is 29.2 Å². The van der Waals surface area contributed by atoms with Gasteiger partial charge in [0.15, 0.2) is 0 Å². The number of nitrogens with zero attached hydrogens (tertiary/aromatic N) is 2. The van der Waals surface area contributed by atoms with Gasteiger partial charge in [-0.15, -0.1) is 0 Å². The molecule has 0 spiro atoms. The number of rotatable bonds is 4. The summed E-state index contributed by atoms with van der Waals surface area (Å²) in [7, 11) is -2.18. The van der Waals surface area contributed by atoms with E-state index in [4.69, 9.17) is 9.88 Å². The Hall–Kier alpha value is -2.12. The second-order valence-electron chi connectivity index (χ2n) is 5.49. The lowest BCUT2D eigenvalue weighted by molar-refractivity contribution is 0.414. The van der Waals surface area contributed by atoms with Crippen LogP contribution in [0, 0.1) is 0 Å². The fourth-order valence-corrected chi connectivity index (χ4v) is 3.71. The summed E-state index contributed by atoms with van der Waals surface area (Å²) < 4.78 is 28.8. The van der Waals surface area contributed by atoms with E-state index in [0.29, 0.717) is 5.82 Å². The van der Waals surface area contributed by atoms with Gasteiger partial charge in [-0.05, 0) is 42.7 Å². The minimum absolute atomic E-state index is 0.0698. The molecule has 122 valence electrons. The second kappa shape index (κ2) is 6.17. The van der Waals surface area contributed by atoms with Crippen molar-refractivity contribution in [2.24, 2.45) is 5.14 Å². The molecule has 3 rings (SSSR count). The number of anilines is 1. The molecule has 2 N–H and O–H groups in total. The van der Waals surface area contributed by atoms with Gasteiger partial charge in [0, 0.05) is 12.7 Å². The van der Waals surface area contributed by atoms with E-state index in [1.165, 1.54) is 6.07 Å². The molecule has 0 saturated carbocycles. The molecule has 1 fully saturated rings. The van der Waals surface area contributed by atoms with Crippen molar-refractivity contribution in [3.63, 3.8) is 0 Å². The predicted molar refractivity (Wildman–Crippen MR) is 87.9 cm³/mol. The first-order valence-corrected chi connectivity index (χ1v) is 8.94. The third-order valence-corrected chi connectivity index (χ3v) is 5.01. The largest absolute Gasteiger partial charge is 0.497 e. The van der Waals surface area contributed by atoms with E-state index in [9.17, 15) is 8.42 Å².